The van der Waals surface area contributed by atoms with Gasteiger partial charge < -0.3 is 99.8 Å². The normalized spacial score (nSPS) is 16.4. The zero-order valence-corrected chi connectivity index (χ0v) is 83.7. The van der Waals surface area contributed by atoms with E-state index in [1.54, 1.807) is 127 Å². The molecule has 0 fully saturated rings. The van der Waals surface area contributed by atoms with Gasteiger partial charge in [-0.15, -0.1) is 0 Å². The molecular formula is C102H81B6Br2F12I2N11O7. The number of aliphatic imine (C=N–C) groups is 1. The predicted octanol–water partition coefficient (Wildman–Crippen LogP) is 27.2. The Balaban J connectivity index is 0.000000114. The van der Waals surface area contributed by atoms with Crippen LogP contribution in [0, 0.1) is 12.4 Å². The number of imidazole rings is 1. The van der Waals surface area contributed by atoms with Crippen LogP contribution in [0.3, 0.4) is 0 Å². The third kappa shape index (κ3) is 20.9. The first-order valence-electron chi connectivity index (χ1n) is 44.7. The van der Waals surface area contributed by atoms with E-state index in [-0.39, 0.29) is 56.6 Å². The number of H-pyrrole nitrogens is 1. The highest BCUT2D eigenvalue weighted by Crippen LogP contribution is 2.49. The average molecular weight is 2280 g/mol. The van der Waals surface area contributed by atoms with E-state index in [1.807, 2.05) is 41.0 Å². The summed E-state index contributed by atoms with van der Waals surface area (Å²) in [5.41, 5.74) is 10.3. The second-order valence-electron chi connectivity index (χ2n) is 36.0. The van der Waals surface area contributed by atoms with Crippen LogP contribution in [0.1, 0.15) is 97.2 Å². The molecule has 40 heteroatoms. The molecule has 0 amide bonds. The number of aromatic hydroxyl groups is 1. The molecule has 1 aromatic heterocycles. The van der Waals surface area contributed by atoms with E-state index in [0.29, 0.717) is 61.2 Å². The lowest BCUT2D eigenvalue weighted by molar-refractivity contribution is -0.344. The first-order valence-corrected chi connectivity index (χ1v) is 49.1. The minimum absolute atomic E-state index is 0.0165. The molecule has 7 aliphatic rings. The average Bonchev–Trinajstić information content (AvgIpc) is 0.774. The fraction of sp³-hybridized carbons (Fsp3) is 0.108. The number of benzene rings is 15. The standard InChI is InChI=1S/C31H30BBr2NO.C16H14BF2N3O.C14H9BF5NO.C14H9BF2N2O.C14H9BFI2N3O.C13H10BF2NO2/c1-30(2,3)23-16-22-18-35(32(33,34)36-29(22)25(17-23)31(4,5)6)26-15-13-21-11-10-19-8-7-9-20-12-14-24(26)28(21)27(19)20;18-17(19)22(14-4-2-1-3-5-14)11-13-10-12(6-7-15(13)23-17)16-20-8-9-21-16;16-14(17,18)11-6-7-13-10(8-11)9-21(15(19,20)22-13)12-4-2-1-3-5-12;1-18-12-7-8-14-11(9-12)10-19(15(16,17)20-14)13-5-3-2-4-6-13;16-10-5-6-13-9(7-10)8-21(15(17,18)22-13)14-19-11-3-1-2-4-12(11)20-14;15-14(16)17(11-4-2-1-3-5-11)9-10-6-7-12(18)8-13(10)19-14/h7-18H,1-6H3;1-7,10-11H,8-9H2,(H,20,21);1-9H;2-10H;1-8H,(H,19,20);1-9,18H. The summed E-state index contributed by atoms with van der Waals surface area (Å²) in [5.74, 6) is 2.68. The number of halogens is 16. The van der Waals surface area contributed by atoms with Gasteiger partial charge in [0.25, 0.3) is 0 Å². The molecule has 0 aliphatic carbocycles. The Hall–Kier alpha value is -13.6. The van der Waals surface area contributed by atoms with Crippen LogP contribution in [0.25, 0.3) is 48.2 Å². The van der Waals surface area contributed by atoms with Crippen molar-refractivity contribution in [1.82, 2.24) is 15.3 Å². The summed E-state index contributed by atoms with van der Waals surface area (Å²) in [5, 5.41) is 20.1. The van der Waals surface area contributed by atoms with E-state index < -0.39 is 46.2 Å². The fourth-order valence-electron chi connectivity index (χ4n) is 17.1. The van der Waals surface area contributed by atoms with Crippen molar-refractivity contribution in [2.75, 3.05) is 13.1 Å². The van der Waals surface area contributed by atoms with Crippen LogP contribution in [-0.2, 0) is 17.0 Å². The number of aromatic amines is 1. The third-order valence-corrected chi connectivity index (χ3v) is 27.0. The summed E-state index contributed by atoms with van der Waals surface area (Å²) < 4.78 is 201. The number of phenols is 1. The SMILES string of the molecule is CC(C)(C)c1cc2c(c(C(C)(C)C)c1)O[B-](Br)(Br)[N+](c1ccc3ccc4cccc5ccc1c3c45)=C2.F[B-]1(F)Oc2ccc(C(F)(F)F)cc2C=[N+]1c1ccccc1.F[B-]1(F)Oc2ccc(C3=NCCN3)cc2C=[N+]1c1ccccc1.Fc1ccc2c(c1)C=[N+](c1nc3ccccc3[nH]1)[B-](I)(I)O2.Oc1ccc2c(c1)O[B-](F)(F)[N+](c1ccccc1)=C2.[C-]#[N+]c1ccc2c(c1)C=[N+](c1ccccc1)[B-](F)(F)O2. The number of hydrogen-bond donors (Lipinski definition) is 3. The van der Waals surface area contributed by atoms with Gasteiger partial charge in [0.1, 0.15) is 54.0 Å². The second kappa shape index (κ2) is 38.7. The van der Waals surface area contributed by atoms with Gasteiger partial charge in [-0.25, -0.2) is 59.0 Å². The minimum atomic E-state index is -4.55. The summed E-state index contributed by atoms with van der Waals surface area (Å²) in [6, 6.07) is 85.6. The quantitative estimate of drug-likeness (QED) is 0.0466. The molecule has 0 atom stereocenters. The van der Waals surface area contributed by atoms with E-state index in [4.69, 9.17) is 29.8 Å². The van der Waals surface area contributed by atoms with Crippen LogP contribution in [0.15, 0.2) is 308 Å². The van der Waals surface area contributed by atoms with Gasteiger partial charge in [-0.2, -0.15) is 44.7 Å². The Bertz CT molecular complexity index is 7890. The number of hydrogen-bond acceptors (Lipinski definition) is 10. The van der Waals surface area contributed by atoms with Crippen molar-refractivity contribution >= 4 is 237 Å². The van der Waals surface area contributed by atoms with Crippen LogP contribution >= 0.6 is 76.3 Å². The van der Waals surface area contributed by atoms with Crippen LogP contribution in [-0.4, -0.2) is 133 Å². The lowest BCUT2D eigenvalue weighted by Gasteiger charge is -2.38. The monoisotopic (exact) mass is 2280 g/mol. The van der Waals surface area contributed by atoms with E-state index >= 15 is 0 Å². The van der Waals surface area contributed by atoms with Gasteiger partial charge in [0.15, 0.2) is 39.6 Å². The summed E-state index contributed by atoms with van der Waals surface area (Å²) in [6.07, 6.45) is 4.63. The fourth-order valence-corrected chi connectivity index (χ4v) is 19.5. The molecule has 16 aromatic rings. The number of alkyl halides is 3. The van der Waals surface area contributed by atoms with Crippen LogP contribution in [0.2, 0.25) is 0 Å². The minimum Gasteiger partial charge on any atom is -0.669 e. The van der Waals surface area contributed by atoms with Crippen molar-refractivity contribution in [2.45, 2.75) is 58.5 Å². The van der Waals surface area contributed by atoms with Gasteiger partial charge in [0, 0.05) is 95.3 Å². The first kappa shape index (κ1) is 98.5. The highest BCUT2D eigenvalue weighted by Gasteiger charge is 2.54. The van der Waals surface area contributed by atoms with Gasteiger partial charge in [-0.1, -0.05) is 180 Å². The molecule has 23 rings (SSSR count). The topological polar surface area (TPSA) is 151 Å². The lowest BCUT2D eigenvalue weighted by atomic mass is 9.78. The van der Waals surface area contributed by atoms with Crippen molar-refractivity contribution in [3.05, 3.63) is 376 Å². The van der Waals surface area contributed by atoms with Crippen molar-refractivity contribution in [3.63, 3.8) is 0 Å². The van der Waals surface area contributed by atoms with Crippen LogP contribution < -0.4 is 33.2 Å². The number of phenolic OH excluding ortho intramolecular Hbond substituents is 1. The van der Waals surface area contributed by atoms with Gasteiger partial charge in [0.2, 0.25) is 0 Å². The zero-order chi connectivity index (χ0) is 100. The summed E-state index contributed by atoms with van der Waals surface area (Å²) in [7, 11) is -16.9. The molecular weight excluding hydrogens is 2200 g/mol. The maximum atomic E-state index is 14.3. The van der Waals surface area contributed by atoms with E-state index in [9.17, 15) is 57.2 Å². The lowest BCUT2D eigenvalue weighted by Crippen LogP contribution is -2.46. The number of fused-ring (bicyclic) bond motifs is 7. The summed E-state index contributed by atoms with van der Waals surface area (Å²) >= 11 is 12.4. The first-order chi connectivity index (χ1) is 67.4. The maximum absolute atomic E-state index is 14.3. The smallest absolute Gasteiger partial charge is 0.669 e. The van der Waals surface area contributed by atoms with Crippen molar-refractivity contribution in [2.24, 2.45) is 4.99 Å². The molecule has 3 N–H and O–H groups in total. The van der Waals surface area contributed by atoms with Gasteiger partial charge in [-0.05, 0) is 153 Å². The van der Waals surface area contributed by atoms with E-state index in [2.05, 4.69) is 225 Å². The zero-order valence-electron chi connectivity index (χ0n) is 76.2. The molecule has 0 radical (unpaired) electrons. The largest absolute Gasteiger partial charge is 0.834 e. The Morgan fingerprint density at radius 3 is 1.42 bits per heavy atom. The molecule has 716 valence electrons. The molecule has 8 heterocycles. The van der Waals surface area contributed by atoms with Crippen molar-refractivity contribution in [1.29, 1.82) is 0 Å². The molecule has 0 saturated heterocycles. The van der Waals surface area contributed by atoms with Crippen molar-refractivity contribution in [3.8, 4) is 40.2 Å². The molecule has 15 aromatic carbocycles. The third-order valence-electron chi connectivity index (χ3n) is 24.0. The maximum Gasteiger partial charge on any atom is 0.834 e. The molecule has 0 saturated carbocycles. The number of amidine groups is 1. The van der Waals surface area contributed by atoms with Crippen LogP contribution in [0.4, 0.5) is 92.2 Å². The molecule has 0 unspecified atom stereocenters. The molecule has 0 bridgehead atoms. The number of para-hydroxylation sites is 6. The van der Waals surface area contributed by atoms with Crippen molar-refractivity contribution < 1.29 is 112 Å². The Morgan fingerprint density at radius 1 is 0.423 bits per heavy atom. The highest BCUT2D eigenvalue weighted by atomic mass is 127. The Kier molecular flexibility index (Phi) is 26.8. The van der Waals surface area contributed by atoms with Gasteiger partial charge in [0.05, 0.1) is 81.0 Å². The summed E-state index contributed by atoms with van der Waals surface area (Å²) in [4.78, 5) is 15.5. The van der Waals surface area contributed by atoms with E-state index in [1.165, 1.54) is 123 Å². The Morgan fingerprint density at radius 2 is 0.887 bits per heavy atom. The molecule has 142 heavy (non-hydrogen) atoms. The Labute approximate surface area is 850 Å². The van der Waals surface area contributed by atoms with Gasteiger partial charge in [-0.3, -0.25) is 4.99 Å². The molecule has 18 nitrogen and oxygen atoms in total. The molecule has 7 aliphatic heterocycles. The number of nitrogens with one attached hydrogen (secondary N) is 2. The number of rotatable bonds is 7. The molecule has 0 spiro atoms. The highest BCUT2D eigenvalue weighted by molar-refractivity contribution is 14.3. The van der Waals surface area contributed by atoms with E-state index in [0.717, 1.165) is 90.4 Å². The van der Waals surface area contributed by atoms with Gasteiger partial charge >= 0.3 is 46.6 Å². The predicted molar refractivity (Wildman–Crippen MR) is 564 cm³/mol. The second-order valence-corrected chi connectivity index (χ2v) is 45.5. The van der Waals surface area contributed by atoms with Crippen LogP contribution in [0.5, 0.6) is 40.2 Å². The number of aromatic nitrogens is 2. The number of nitrogens with zero attached hydrogens (tertiary/aromatic N) is 9. The summed E-state index contributed by atoms with van der Waals surface area (Å²) in [6.45, 7) is 22.1.